The number of cyclic esters (lactones) is 1. The lowest BCUT2D eigenvalue weighted by molar-refractivity contribution is -0.141. The molecule has 0 aromatic carbocycles. The van der Waals surface area contributed by atoms with Crippen molar-refractivity contribution in [2.75, 3.05) is 19.7 Å². The van der Waals surface area contributed by atoms with Crippen LogP contribution in [0.3, 0.4) is 0 Å². The molecule has 0 bridgehead atoms. The first kappa shape index (κ1) is 7.99. The normalized spacial score (nSPS) is 35.7. The van der Waals surface area contributed by atoms with Crippen molar-refractivity contribution >= 4 is 5.97 Å². The zero-order valence-corrected chi connectivity index (χ0v) is 7.62. The van der Waals surface area contributed by atoms with Gasteiger partial charge in [0.2, 0.25) is 0 Å². The third kappa shape index (κ3) is 0.824. The van der Waals surface area contributed by atoms with Crippen molar-refractivity contribution in [3.05, 3.63) is 18.2 Å². The second-order valence-corrected chi connectivity index (χ2v) is 3.89. The van der Waals surface area contributed by atoms with Crippen LogP contribution in [0, 0.1) is 5.92 Å². The van der Waals surface area contributed by atoms with Gasteiger partial charge in [-0.05, 0) is 0 Å². The van der Waals surface area contributed by atoms with Crippen LogP contribution in [0.1, 0.15) is 5.82 Å². The van der Waals surface area contributed by atoms with Gasteiger partial charge in [-0.3, -0.25) is 4.79 Å². The van der Waals surface area contributed by atoms with Crippen molar-refractivity contribution in [1.29, 1.82) is 0 Å². The van der Waals surface area contributed by atoms with Gasteiger partial charge in [0.25, 0.3) is 0 Å². The number of esters is 1. The molecule has 2 aliphatic heterocycles. The van der Waals surface area contributed by atoms with Crippen LogP contribution in [-0.2, 0) is 14.9 Å². The van der Waals surface area contributed by atoms with E-state index < -0.39 is 0 Å². The molecule has 2 atom stereocenters. The molecule has 5 heteroatoms. The van der Waals surface area contributed by atoms with Gasteiger partial charge in [0.05, 0.1) is 11.3 Å². The van der Waals surface area contributed by atoms with Crippen LogP contribution >= 0.6 is 0 Å². The highest BCUT2D eigenvalue weighted by atomic mass is 16.5. The Labute approximate surface area is 80.9 Å². The number of carbonyl (C=O) groups is 1. The van der Waals surface area contributed by atoms with E-state index in [2.05, 4.69) is 15.3 Å². The predicted octanol–water partition coefficient (Wildman–Crippen LogP) is -0.576. The second-order valence-electron chi connectivity index (χ2n) is 3.89. The first-order chi connectivity index (χ1) is 6.83. The van der Waals surface area contributed by atoms with Crippen LogP contribution in [0.4, 0.5) is 0 Å². The highest BCUT2D eigenvalue weighted by molar-refractivity contribution is 5.78. The number of H-pyrrole nitrogens is 1. The summed E-state index contributed by atoms with van der Waals surface area (Å²) in [6.07, 6.45) is 3.49. The largest absolute Gasteiger partial charge is 0.464 e. The van der Waals surface area contributed by atoms with Gasteiger partial charge in [0.1, 0.15) is 12.4 Å². The fraction of sp³-hybridized carbons (Fsp3) is 0.556. The maximum Gasteiger partial charge on any atom is 0.311 e. The third-order valence-electron chi connectivity index (χ3n) is 3.18. The molecule has 1 aromatic heterocycles. The Morgan fingerprint density at radius 2 is 2.57 bits per heavy atom. The Balaban J connectivity index is 2.07. The number of hydrogen-bond acceptors (Lipinski definition) is 4. The van der Waals surface area contributed by atoms with Gasteiger partial charge < -0.3 is 15.0 Å². The zero-order valence-electron chi connectivity index (χ0n) is 7.62. The van der Waals surface area contributed by atoms with Crippen molar-refractivity contribution in [1.82, 2.24) is 15.3 Å². The molecule has 2 saturated heterocycles. The molecule has 3 rings (SSSR count). The summed E-state index contributed by atoms with van der Waals surface area (Å²) in [5.74, 6) is 0.679. The summed E-state index contributed by atoms with van der Waals surface area (Å²) in [6, 6.07) is 0. The fourth-order valence-electron chi connectivity index (χ4n) is 2.37. The van der Waals surface area contributed by atoms with Gasteiger partial charge in [0.15, 0.2) is 0 Å². The summed E-state index contributed by atoms with van der Waals surface area (Å²) in [6.45, 7) is 1.90. The molecule has 5 nitrogen and oxygen atoms in total. The molecule has 0 amide bonds. The number of nitrogens with one attached hydrogen (secondary N) is 2. The first-order valence-corrected chi connectivity index (χ1v) is 4.70. The van der Waals surface area contributed by atoms with Gasteiger partial charge >= 0.3 is 5.97 Å². The Kier molecular flexibility index (Phi) is 1.47. The number of imidazole rings is 1. The van der Waals surface area contributed by atoms with Crippen LogP contribution in [0.25, 0.3) is 0 Å². The monoisotopic (exact) mass is 193 g/mol. The molecule has 2 N–H and O–H groups in total. The molecule has 0 aliphatic carbocycles. The highest BCUT2D eigenvalue weighted by Gasteiger charge is 2.56. The quantitative estimate of drug-likeness (QED) is 0.586. The van der Waals surface area contributed by atoms with E-state index in [4.69, 9.17) is 4.74 Å². The van der Waals surface area contributed by atoms with E-state index in [-0.39, 0.29) is 17.3 Å². The van der Waals surface area contributed by atoms with Gasteiger partial charge in [-0.25, -0.2) is 4.98 Å². The van der Waals surface area contributed by atoms with Gasteiger partial charge in [0, 0.05) is 25.5 Å². The molecule has 74 valence electrons. The van der Waals surface area contributed by atoms with Crippen molar-refractivity contribution in [2.45, 2.75) is 5.41 Å². The minimum Gasteiger partial charge on any atom is -0.464 e. The van der Waals surface area contributed by atoms with Crippen molar-refractivity contribution in [3.8, 4) is 0 Å². The molecular formula is C9H11N3O2. The van der Waals surface area contributed by atoms with Crippen LogP contribution in [0.5, 0.6) is 0 Å². The number of rotatable bonds is 1. The molecule has 2 unspecified atom stereocenters. The summed E-state index contributed by atoms with van der Waals surface area (Å²) < 4.78 is 5.11. The maximum atomic E-state index is 11.5. The number of aromatic nitrogens is 2. The van der Waals surface area contributed by atoms with E-state index in [9.17, 15) is 4.79 Å². The standard InChI is InChI=1S/C9H11N3O2/c13-7-6-3-10-4-9(6,5-14-7)8-11-1-2-12-8/h1-2,6,10H,3-5H2,(H,11,12). The van der Waals surface area contributed by atoms with Crippen molar-refractivity contribution < 1.29 is 9.53 Å². The summed E-state index contributed by atoms with van der Waals surface area (Å²) in [4.78, 5) is 18.8. The lowest BCUT2D eigenvalue weighted by Gasteiger charge is -2.21. The Hall–Kier alpha value is -1.36. The molecule has 0 saturated carbocycles. The lowest BCUT2D eigenvalue weighted by Crippen LogP contribution is -2.36. The SMILES string of the molecule is O=C1OCC2(c3ncc[nH]3)CNCC12. The Morgan fingerprint density at radius 1 is 1.64 bits per heavy atom. The zero-order chi connectivity index (χ0) is 9.60. The van der Waals surface area contributed by atoms with Gasteiger partial charge in [-0.1, -0.05) is 0 Å². The number of aromatic amines is 1. The molecular weight excluding hydrogens is 182 g/mol. The van der Waals surface area contributed by atoms with Crippen LogP contribution in [0.15, 0.2) is 12.4 Å². The number of carbonyl (C=O) groups excluding carboxylic acids is 1. The predicted molar refractivity (Wildman–Crippen MR) is 47.6 cm³/mol. The highest BCUT2D eigenvalue weighted by Crippen LogP contribution is 2.39. The molecule has 2 fully saturated rings. The van der Waals surface area contributed by atoms with Crippen LogP contribution in [-0.4, -0.2) is 35.6 Å². The summed E-state index contributed by atoms with van der Waals surface area (Å²) in [5, 5.41) is 3.22. The molecule has 2 aliphatic rings. The van der Waals surface area contributed by atoms with Crippen molar-refractivity contribution in [3.63, 3.8) is 0 Å². The van der Waals surface area contributed by atoms with E-state index in [1.165, 1.54) is 0 Å². The summed E-state index contributed by atoms with van der Waals surface area (Å²) >= 11 is 0. The molecule has 1 aromatic rings. The molecule has 14 heavy (non-hydrogen) atoms. The maximum absolute atomic E-state index is 11.5. The molecule has 0 spiro atoms. The molecule has 0 radical (unpaired) electrons. The second kappa shape index (κ2) is 2.57. The minimum atomic E-state index is -0.249. The van der Waals surface area contributed by atoms with E-state index in [1.807, 2.05) is 0 Å². The van der Waals surface area contributed by atoms with E-state index >= 15 is 0 Å². The Bertz CT molecular complexity index is 362. The fourth-order valence-corrected chi connectivity index (χ4v) is 2.37. The molecule has 3 heterocycles. The van der Waals surface area contributed by atoms with Gasteiger partial charge in [-0.2, -0.15) is 0 Å². The average molecular weight is 193 g/mol. The Morgan fingerprint density at radius 3 is 3.36 bits per heavy atom. The minimum absolute atomic E-state index is 0.0753. The van der Waals surface area contributed by atoms with E-state index in [1.54, 1.807) is 12.4 Å². The van der Waals surface area contributed by atoms with E-state index in [0.717, 1.165) is 12.4 Å². The number of ether oxygens (including phenoxy) is 1. The topological polar surface area (TPSA) is 67.0 Å². The average Bonchev–Trinajstić information content (AvgIpc) is 2.83. The number of hydrogen-bond donors (Lipinski definition) is 2. The number of nitrogens with zero attached hydrogens (tertiary/aromatic N) is 1. The van der Waals surface area contributed by atoms with Crippen molar-refractivity contribution in [2.24, 2.45) is 5.92 Å². The first-order valence-electron chi connectivity index (χ1n) is 4.70. The smallest absolute Gasteiger partial charge is 0.311 e. The summed E-state index contributed by atoms with van der Waals surface area (Å²) in [5.41, 5.74) is -0.249. The lowest BCUT2D eigenvalue weighted by atomic mass is 9.80. The summed E-state index contributed by atoms with van der Waals surface area (Å²) in [7, 11) is 0. The van der Waals surface area contributed by atoms with E-state index in [0.29, 0.717) is 13.2 Å². The van der Waals surface area contributed by atoms with Crippen LogP contribution < -0.4 is 5.32 Å². The third-order valence-corrected chi connectivity index (χ3v) is 3.18. The number of fused-ring (bicyclic) bond motifs is 1. The van der Waals surface area contributed by atoms with Gasteiger partial charge in [-0.15, -0.1) is 0 Å². The van der Waals surface area contributed by atoms with Crippen LogP contribution in [0.2, 0.25) is 0 Å².